The molecular formula is C11H10F2N2. The lowest BCUT2D eigenvalue weighted by atomic mass is 10.1. The van der Waals surface area contributed by atoms with E-state index in [4.69, 9.17) is 0 Å². The van der Waals surface area contributed by atoms with E-state index < -0.39 is 11.6 Å². The SMILES string of the molecule is CCc1c[nH]nc1-c1c(F)cccc1F. The van der Waals surface area contributed by atoms with Gasteiger partial charge in [-0.15, -0.1) is 0 Å². The Hall–Kier alpha value is -1.71. The summed E-state index contributed by atoms with van der Waals surface area (Å²) in [6.45, 7) is 1.91. The molecule has 78 valence electrons. The van der Waals surface area contributed by atoms with Crippen LogP contribution < -0.4 is 0 Å². The van der Waals surface area contributed by atoms with Gasteiger partial charge in [0.25, 0.3) is 0 Å². The number of rotatable bonds is 2. The van der Waals surface area contributed by atoms with Gasteiger partial charge in [0.15, 0.2) is 0 Å². The Balaban J connectivity index is 2.63. The number of nitrogens with zero attached hydrogens (tertiary/aromatic N) is 1. The highest BCUT2D eigenvalue weighted by Crippen LogP contribution is 2.26. The zero-order valence-corrected chi connectivity index (χ0v) is 8.22. The van der Waals surface area contributed by atoms with Gasteiger partial charge in [-0.05, 0) is 24.1 Å². The summed E-state index contributed by atoms with van der Waals surface area (Å²) in [5, 5.41) is 6.49. The maximum Gasteiger partial charge on any atom is 0.135 e. The molecular weight excluding hydrogens is 198 g/mol. The molecule has 1 heterocycles. The minimum atomic E-state index is -0.586. The molecule has 0 aliphatic heterocycles. The largest absolute Gasteiger partial charge is 0.285 e. The standard InChI is InChI=1S/C11H10F2N2/c1-2-7-6-14-15-11(7)10-8(12)4-3-5-9(10)13/h3-6H,2H2,1H3,(H,14,15). The van der Waals surface area contributed by atoms with Crippen molar-refractivity contribution in [3.05, 3.63) is 41.6 Å². The van der Waals surface area contributed by atoms with Crippen LogP contribution in [0.5, 0.6) is 0 Å². The first-order valence-corrected chi connectivity index (χ1v) is 4.71. The lowest BCUT2D eigenvalue weighted by Crippen LogP contribution is -1.92. The summed E-state index contributed by atoms with van der Waals surface area (Å²) in [6, 6.07) is 3.80. The van der Waals surface area contributed by atoms with Crippen LogP contribution in [-0.2, 0) is 6.42 Å². The monoisotopic (exact) mass is 208 g/mol. The van der Waals surface area contributed by atoms with Crippen LogP contribution in [0.1, 0.15) is 12.5 Å². The number of aromatic amines is 1. The fourth-order valence-electron chi connectivity index (χ4n) is 1.52. The lowest BCUT2D eigenvalue weighted by Gasteiger charge is -2.03. The van der Waals surface area contributed by atoms with E-state index in [-0.39, 0.29) is 5.56 Å². The third kappa shape index (κ3) is 1.63. The van der Waals surface area contributed by atoms with Crippen LogP contribution in [0.2, 0.25) is 0 Å². The molecule has 0 aliphatic rings. The normalized spacial score (nSPS) is 10.6. The van der Waals surface area contributed by atoms with Crippen LogP contribution in [0.15, 0.2) is 24.4 Å². The predicted octanol–water partition coefficient (Wildman–Crippen LogP) is 2.92. The van der Waals surface area contributed by atoms with Gasteiger partial charge in [-0.1, -0.05) is 13.0 Å². The number of halogens is 2. The molecule has 1 aromatic heterocycles. The van der Waals surface area contributed by atoms with Crippen molar-refractivity contribution >= 4 is 0 Å². The summed E-state index contributed by atoms with van der Waals surface area (Å²) in [5.74, 6) is -1.17. The van der Waals surface area contributed by atoms with Crippen molar-refractivity contribution in [1.82, 2.24) is 10.2 Å². The van der Waals surface area contributed by atoms with Crippen LogP contribution >= 0.6 is 0 Å². The molecule has 0 fully saturated rings. The van der Waals surface area contributed by atoms with Gasteiger partial charge < -0.3 is 0 Å². The van der Waals surface area contributed by atoms with Crippen LogP contribution in [0.4, 0.5) is 8.78 Å². The molecule has 2 rings (SSSR count). The molecule has 0 aliphatic carbocycles. The average Bonchev–Trinajstić information content (AvgIpc) is 2.65. The Bertz CT molecular complexity index is 457. The van der Waals surface area contributed by atoms with Gasteiger partial charge in [0.05, 0.1) is 5.56 Å². The van der Waals surface area contributed by atoms with Gasteiger partial charge in [-0.3, -0.25) is 5.10 Å². The molecule has 0 atom stereocenters. The predicted molar refractivity (Wildman–Crippen MR) is 53.3 cm³/mol. The van der Waals surface area contributed by atoms with E-state index in [0.29, 0.717) is 12.1 Å². The second kappa shape index (κ2) is 3.81. The molecule has 0 saturated heterocycles. The fraction of sp³-hybridized carbons (Fsp3) is 0.182. The van der Waals surface area contributed by atoms with Gasteiger partial charge in [0.1, 0.15) is 17.3 Å². The first kappa shape index (κ1) is 9.83. The Morgan fingerprint density at radius 1 is 1.27 bits per heavy atom. The van der Waals surface area contributed by atoms with Crippen LogP contribution in [0.3, 0.4) is 0 Å². The molecule has 1 aromatic carbocycles. The van der Waals surface area contributed by atoms with E-state index in [1.54, 1.807) is 6.20 Å². The third-order valence-electron chi connectivity index (χ3n) is 2.30. The van der Waals surface area contributed by atoms with Gasteiger partial charge in [-0.2, -0.15) is 5.10 Å². The number of hydrogen-bond acceptors (Lipinski definition) is 1. The van der Waals surface area contributed by atoms with E-state index in [2.05, 4.69) is 10.2 Å². The summed E-state index contributed by atoms with van der Waals surface area (Å²) >= 11 is 0. The molecule has 0 amide bonds. The van der Waals surface area contributed by atoms with E-state index in [0.717, 1.165) is 5.56 Å². The van der Waals surface area contributed by atoms with Crippen molar-refractivity contribution < 1.29 is 8.78 Å². The summed E-state index contributed by atoms with van der Waals surface area (Å²) < 4.78 is 26.9. The van der Waals surface area contributed by atoms with Crippen LogP contribution in [0.25, 0.3) is 11.3 Å². The van der Waals surface area contributed by atoms with Crippen LogP contribution in [-0.4, -0.2) is 10.2 Å². The second-order valence-corrected chi connectivity index (χ2v) is 3.21. The Morgan fingerprint density at radius 3 is 2.53 bits per heavy atom. The smallest absolute Gasteiger partial charge is 0.135 e. The highest BCUT2D eigenvalue weighted by Gasteiger charge is 2.15. The number of aromatic nitrogens is 2. The molecule has 2 nitrogen and oxygen atoms in total. The van der Waals surface area contributed by atoms with Gasteiger partial charge in [0, 0.05) is 6.20 Å². The fourth-order valence-corrected chi connectivity index (χ4v) is 1.52. The number of nitrogens with one attached hydrogen (secondary N) is 1. The lowest BCUT2D eigenvalue weighted by molar-refractivity contribution is 0.588. The second-order valence-electron chi connectivity index (χ2n) is 3.21. The van der Waals surface area contributed by atoms with E-state index >= 15 is 0 Å². The Kier molecular flexibility index (Phi) is 2.49. The van der Waals surface area contributed by atoms with Crippen molar-refractivity contribution in [1.29, 1.82) is 0 Å². The van der Waals surface area contributed by atoms with Gasteiger partial charge in [0.2, 0.25) is 0 Å². The van der Waals surface area contributed by atoms with Crippen molar-refractivity contribution in [3.8, 4) is 11.3 Å². The molecule has 15 heavy (non-hydrogen) atoms. The van der Waals surface area contributed by atoms with Gasteiger partial charge >= 0.3 is 0 Å². The highest BCUT2D eigenvalue weighted by atomic mass is 19.1. The summed E-state index contributed by atoms with van der Waals surface area (Å²) in [4.78, 5) is 0. The summed E-state index contributed by atoms with van der Waals surface area (Å²) in [6.07, 6.45) is 2.33. The van der Waals surface area contributed by atoms with Crippen molar-refractivity contribution in [2.75, 3.05) is 0 Å². The maximum atomic E-state index is 13.4. The molecule has 0 bridgehead atoms. The highest BCUT2D eigenvalue weighted by molar-refractivity contribution is 5.63. The average molecular weight is 208 g/mol. The molecule has 0 radical (unpaired) electrons. The summed E-state index contributed by atoms with van der Waals surface area (Å²) in [5.41, 5.74) is 1.10. The Labute approximate surface area is 85.9 Å². The molecule has 4 heteroatoms. The molecule has 1 N–H and O–H groups in total. The maximum absolute atomic E-state index is 13.4. The number of H-pyrrole nitrogens is 1. The molecule has 2 aromatic rings. The third-order valence-corrected chi connectivity index (χ3v) is 2.30. The van der Waals surface area contributed by atoms with E-state index in [9.17, 15) is 8.78 Å². The van der Waals surface area contributed by atoms with E-state index in [1.807, 2.05) is 6.92 Å². The topological polar surface area (TPSA) is 28.7 Å². The molecule has 0 saturated carbocycles. The zero-order chi connectivity index (χ0) is 10.8. The molecule has 0 spiro atoms. The quantitative estimate of drug-likeness (QED) is 0.807. The Morgan fingerprint density at radius 2 is 1.93 bits per heavy atom. The van der Waals surface area contributed by atoms with Crippen molar-refractivity contribution in [3.63, 3.8) is 0 Å². The zero-order valence-electron chi connectivity index (χ0n) is 8.22. The summed E-state index contributed by atoms with van der Waals surface area (Å²) in [7, 11) is 0. The first-order valence-electron chi connectivity index (χ1n) is 4.71. The van der Waals surface area contributed by atoms with Gasteiger partial charge in [-0.25, -0.2) is 8.78 Å². The minimum Gasteiger partial charge on any atom is -0.285 e. The first-order chi connectivity index (χ1) is 7.24. The number of aryl methyl sites for hydroxylation is 1. The minimum absolute atomic E-state index is 0.0596. The van der Waals surface area contributed by atoms with Crippen molar-refractivity contribution in [2.24, 2.45) is 0 Å². The van der Waals surface area contributed by atoms with Crippen molar-refractivity contribution in [2.45, 2.75) is 13.3 Å². The van der Waals surface area contributed by atoms with E-state index in [1.165, 1.54) is 18.2 Å². The number of hydrogen-bond donors (Lipinski definition) is 1. The van der Waals surface area contributed by atoms with Crippen LogP contribution in [0, 0.1) is 11.6 Å². The number of benzene rings is 1. The molecule has 0 unspecified atom stereocenters.